The number of hydrogen-bond donors (Lipinski definition) is 2. The fourth-order valence-electron chi connectivity index (χ4n) is 3.27. The maximum absolute atomic E-state index is 12.9. The number of fused-ring (bicyclic) bond motifs is 1. The van der Waals surface area contributed by atoms with Gasteiger partial charge in [-0.25, -0.2) is 13.4 Å². The van der Waals surface area contributed by atoms with Crippen LogP contribution in [0.15, 0.2) is 57.7 Å². The lowest BCUT2D eigenvalue weighted by Gasteiger charge is -2.15. The summed E-state index contributed by atoms with van der Waals surface area (Å²) >= 11 is 13.2. The molecule has 4 rings (SSSR count). The van der Waals surface area contributed by atoms with Crippen LogP contribution in [-0.4, -0.2) is 44.3 Å². The molecule has 0 spiro atoms. The quantitative estimate of drug-likeness (QED) is 0.402. The Hall–Kier alpha value is -2.17. The van der Waals surface area contributed by atoms with Gasteiger partial charge < -0.3 is 10.6 Å². The van der Waals surface area contributed by atoms with Gasteiger partial charge in [0.1, 0.15) is 22.8 Å². The molecule has 7 nitrogen and oxygen atoms in total. The number of carbonyl (C=O) groups is 1. The standard InChI is InChI=1S/C20H18Cl2N4O3S2/c21-13-8-15(22)14-10-18(30-17(14)9-13)31(28,29)25-16-6-7-26(20(16)27)11-24-19(23)12-4-2-1-3-5-12/h1-5,8-10,16,25H,6-7,11H2,(H2,23,24)/t16-/m0/s1. The molecule has 2 aromatic carbocycles. The maximum Gasteiger partial charge on any atom is 0.250 e. The number of nitrogens with zero attached hydrogens (tertiary/aromatic N) is 2. The van der Waals surface area contributed by atoms with Crippen molar-refractivity contribution in [1.29, 1.82) is 0 Å². The van der Waals surface area contributed by atoms with Gasteiger partial charge in [0, 0.05) is 27.2 Å². The second kappa shape index (κ2) is 8.76. The van der Waals surface area contributed by atoms with E-state index in [1.165, 1.54) is 11.0 Å². The first kappa shape index (κ1) is 22.0. The average molecular weight is 497 g/mol. The van der Waals surface area contributed by atoms with Crippen molar-refractivity contribution in [3.8, 4) is 0 Å². The van der Waals surface area contributed by atoms with Gasteiger partial charge in [-0.15, -0.1) is 11.3 Å². The number of rotatable bonds is 6. The Morgan fingerprint density at radius 2 is 1.97 bits per heavy atom. The number of thiophene rings is 1. The lowest BCUT2D eigenvalue weighted by molar-refractivity contribution is -0.128. The van der Waals surface area contributed by atoms with Crippen LogP contribution in [0.5, 0.6) is 0 Å². The number of hydrogen-bond acceptors (Lipinski definition) is 5. The summed E-state index contributed by atoms with van der Waals surface area (Å²) in [5.41, 5.74) is 6.73. The van der Waals surface area contributed by atoms with Crippen molar-refractivity contribution < 1.29 is 13.2 Å². The van der Waals surface area contributed by atoms with Crippen LogP contribution in [0.25, 0.3) is 10.1 Å². The van der Waals surface area contributed by atoms with E-state index in [-0.39, 0.29) is 16.8 Å². The molecule has 2 heterocycles. The molecule has 0 bridgehead atoms. The molecule has 1 amide bonds. The van der Waals surface area contributed by atoms with Crippen molar-refractivity contribution in [2.45, 2.75) is 16.7 Å². The molecule has 1 fully saturated rings. The van der Waals surface area contributed by atoms with E-state index in [9.17, 15) is 13.2 Å². The van der Waals surface area contributed by atoms with Gasteiger partial charge in [-0.1, -0.05) is 53.5 Å². The second-order valence-corrected chi connectivity index (χ2v) is 10.8. The molecule has 3 N–H and O–H groups in total. The normalized spacial score (nSPS) is 17.6. The molecule has 0 unspecified atom stereocenters. The monoisotopic (exact) mass is 496 g/mol. The molecular formula is C20H18Cl2N4O3S2. The summed E-state index contributed by atoms with van der Waals surface area (Å²) in [4.78, 5) is 18.4. The van der Waals surface area contributed by atoms with Crippen LogP contribution in [0.2, 0.25) is 10.0 Å². The Morgan fingerprint density at radius 1 is 1.23 bits per heavy atom. The minimum Gasteiger partial charge on any atom is -0.383 e. The summed E-state index contributed by atoms with van der Waals surface area (Å²) in [6.07, 6.45) is 0.344. The van der Waals surface area contributed by atoms with Gasteiger partial charge in [-0.3, -0.25) is 4.79 Å². The Labute approximate surface area is 193 Å². The summed E-state index contributed by atoms with van der Waals surface area (Å²) in [6.45, 7) is 0.445. The van der Waals surface area contributed by atoms with E-state index in [2.05, 4.69) is 9.71 Å². The first-order valence-corrected chi connectivity index (χ1v) is 12.4. The third-order valence-corrected chi connectivity index (χ3v) is 8.43. The minimum atomic E-state index is -3.91. The van der Waals surface area contributed by atoms with Crippen molar-refractivity contribution in [3.63, 3.8) is 0 Å². The number of halogens is 2. The summed E-state index contributed by atoms with van der Waals surface area (Å²) in [7, 11) is -3.91. The summed E-state index contributed by atoms with van der Waals surface area (Å²) in [6, 6.07) is 13.1. The number of aliphatic imine (C=N–C) groups is 1. The zero-order valence-corrected chi connectivity index (χ0v) is 19.2. The zero-order chi connectivity index (χ0) is 22.2. The van der Waals surface area contributed by atoms with Crippen molar-refractivity contribution in [2.75, 3.05) is 13.2 Å². The number of amides is 1. The van der Waals surface area contributed by atoms with E-state index in [0.29, 0.717) is 38.9 Å². The smallest absolute Gasteiger partial charge is 0.250 e. The van der Waals surface area contributed by atoms with Crippen LogP contribution in [0.3, 0.4) is 0 Å². The Balaban J connectivity index is 1.46. The van der Waals surface area contributed by atoms with Crippen LogP contribution in [0.4, 0.5) is 0 Å². The van der Waals surface area contributed by atoms with Crippen molar-refractivity contribution in [2.24, 2.45) is 10.7 Å². The Morgan fingerprint density at radius 3 is 2.71 bits per heavy atom. The number of nitrogens with two attached hydrogens (primary N) is 1. The van der Waals surface area contributed by atoms with E-state index in [1.54, 1.807) is 12.1 Å². The van der Waals surface area contributed by atoms with Crippen LogP contribution < -0.4 is 10.5 Å². The largest absolute Gasteiger partial charge is 0.383 e. The first-order chi connectivity index (χ1) is 14.7. The van der Waals surface area contributed by atoms with Crippen LogP contribution in [-0.2, 0) is 14.8 Å². The fourth-order valence-corrected chi connectivity index (χ4v) is 6.63. The molecule has 1 saturated heterocycles. The topological polar surface area (TPSA) is 105 Å². The Kier molecular flexibility index (Phi) is 6.23. The number of amidine groups is 1. The number of nitrogens with one attached hydrogen (secondary N) is 1. The Bertz CT molecular complexity index is 1280. The van der Waals surface area contributed by atoms with E-state index >= 15 is 0 Å². The van der Waals surface area contributed by atoms with Gasteiger partial charge >= 0.3 is 0 Å². The molecular weight excluding hydrogens is 479 g/mol. The predicted octanol–water partition coefficient (Wildman–Crippen LogP) is 3.45. The molecule has 1 atom stereocenters. The van der Waals surface area contributed by atoms with Gasteiger partial charge in [-0.05, 0) is 24.6 Å². The second-order valence-electron chi connectivity index (χ2n) is 6.98. The number of carbonyl (C=O) groups excluding carboxylic acids is 1. The van der Waals surface area contributed by atoms with Crippen molar-refractivity contribution >= 4 is 66.4 Å². The molecule has 1 aromatic heterocycles. The van der Waals surface area contributed by atoms with Gasteiger partial charge in [-0.2, -0.15) is 4.72 Å². The average Bonchev–Trinajstić information content (AvgIpc) is 3.31. The van der Waals surface area contributed by atoms with Gasteiger partial charge in [0.05, 0.1) is 5.02 Å². The molecule has 1 aliphatic rings. The summed E-state index contributed by atoms with van der Waals surface area (Å²) in [5, 5.41) is 1.40. The highest BCUT2D eigenvalue weighted by molar-refractivity contribution is 7.91. The summed E-state index contributed by atoms with van der Waals surface area (Å²) in [5.74, 6) is -0.0198. The number of benzene rings is 2. The third-order valence-electron chi connectivity index (χ3n) is 4.87. The van der Waals surface area contributed by atoms with Crippen LogP contribution >= 0.6 is 34.5 Å². The highest BCUT2D eigenvalue weighted by Crippen LogP contribution is 2.36. The first-order valence-electron chi connectivity index (χ1n) is 9.29. The van der Waals surface area contributed by atoms with Gasteiger partial charge in [0.15, 0.2) is 0 Å². The van der Waals surface area contributed by atoms with Crippen molar-refractivity contribution in [3.05, 3.63) is 64.1 Å². The summed E-state index contributed by atoms with van der Waals surface area (Å²) < 4.78 is 29.0. The highest BCUT2D eigenvalue weighted by atomic mass is 35.5. The third kappa shape index (κ3) is 4.70. The van der Waals surface area contributed by atoms with Gasteiger partial charge in [0.25, 0.3) is 10.0 Å². The van der Waals surface area contributed by atoms with E-state index in [0.717, 1.165) is 16.9 Å². The van der Waals surface area contributed by atoms with Crippen molar-refractivity contribution in [1.82, 2.24) is 9.62 Å². The molecule has 0 radical (unpaired) electrons. The fraction of sp³-hybridized carbons (Fsp3) is 0.200. The lowest BCUT2D eigenvalue weighted by atomic mass is 10.2. The van der Waals surface area contributed by atoms with E-state index in [1.807, 2.05) is 30.3 Å². The number of sulfonamides is 1. The number of likely N-dealkylation sites (tertiary alicyclic amines) is 1. The molecule has 31 heavy (non-hydrogen) atoms. The minimum absolute atomic E-state index is 0.0643. The van der Waals surface area contributed by atoms with Crippen LogP contribution in [0, 0.1) is 0 Å². The maximum atomic E-state index is 12.9. The molecule has 1 aliphatic heterocycles. The molecule has 162 valence electrons. The molecule has 3 aromatic rings. The van der Waals surface area contributed by atoms with E-state index < -0.39 is 16.1 Å². The molecule has 0 aliphatic carbocycles. The van der Waals surface area contributed by atoms with Gasteiger partial charge in [0.2, 0.25) is 5.91 Å². The highest BCUT2D eigenvalue weighted by Gasteiger charge is 2.35. The van der Waals surface area contributed by atoms with Crippen LogP contribution in [0.1, 0.15) is 12.0 Å². The predicted molar refractivity (Wildman–Crippen MR) is 124 cm³/mol. The molecule has 0 saturated carbocycles. The van der Waals surface area contributed by atoms with E-state index in [4.69, 9.17) is 28.9 Å². The molecule has 11 heteroatoms. The zero-order valence-electron chi connectivity index (χ0n) is 16.1. The lowest BCUT2D eigenvalue weighted by Crippen LogP contribution is -2.41. The SMILES string of the molecule is NC(=NCN1CC[C@H](NS(=O)(=O)c2cc3c(Cl)cc(Cl)cc3s2)C1=O)c1ccccc1.